The molecule has 0 unspecified atom stereocenters. The number of hydrogen-bond acceptors (Lipinski definition) is 3. The minimum absolute atomic E-state index is 0.112. The van der Waals surface area contributed by atoms with Crippen LogP contribution >= 0.6 is 0 Å². The van der Waals surface area contributed by atoms with Gasteiger partial charge in [-0.2, -0.15) is 0 Å². The zero-order valence-corrected chi connectivity index (χ0v) is 15.2. The van der Waals surface area contributed by atoms with Gasteiger partial charge in [0.1, 0.15) is 12.6 Å². The fraction of sp³-hybridized carbons (Fsp3) is 0.579. The van der Waals surface area contributed by atoms with Gasteiger partial charge in [0.15, 0.2) is 0 Å². The van der Waals surface area contributed by atoms with Crippen molar-refractivity contribution in [1.82, 2.24) is 10.2 Å². The molecule has 2 fully saturated rings. The highest BCUT2D eigenvalue weighted by molar-refractivity contribution is 5.89. The van der Waals surface area contributed by atoms with Crippen molar-refractivity contribution in [3.05, 3.63) is 30.3 Å². The molecule has 7 nitrogen and oxygen atoms in total. The molecule has 1 atom stereocenters. The molecular weight excluding hydrogens is 332 g/mol. The number of carbonyl (C=O) groups excluding carboxylic acids is 2. The molecule has 26 heavy (non-hydrogen) atoms. The van der Waals surface area contributed by atoms with E-state index in [9.17, 15) is 9.59 Å². The van der Waals surface area contributed by atoms with Gasteiger partial charge in [-0.3, -0.25) is 4.79 Å². The summed E-state index contributed by atoms with van der Waals surface area (Å²) in [6.45, 7) is 5.84. The van der Waals surface area contributed by atoms with Crippen LogP contribution in [0, 0.1) is 0 Å². The van der Waals surface area contributed by atoms with Crippen molar-refractivity contribution in [1.29, 1.82) is 0 Å². The molecule has 2 saturated heterocycles. The summed E-state index contributed by atoms with van der Waals surface area (Å²) in [4.78, 5) is 27.6. The van der Waals surface area contributed by atoms with E-state index in [0.29, 0.717) is 19.1 Å². The SMILES string of the molecule is O=C(NCCC(=O)N1CC[NH+](C[C@H]2CCCO2)CC1)Nc1ccccc1. The lowest BCUT2D eigenvalue weighted by atomic mass is 10.2. The van der Waals surface area contributed by atoms with Crippen LogP contribution in [0.5, 0.6) is 0 Å². The lowest BCUT2D eigenvalue weighted by molar-refractivity contribution is -0.906. The summed E-state index contributed by atoms with van der Waals surface area (Å²) >= 11 is 0. The Morgan fingerprint density at radius 3 is 2.65 bits per heavy atom. The first-order valence-electron chi connectivity index (χ1n) is 9.53. The number of ether oxygens (including phenoxy) is 1. The Kier molecular flexibility index (Phi) is 6.85. The minimum atomic E-state index is -0.283. The summed E-state index contributed by atoms with van der Waals surface area (Å²) in [5.74, 6) is 0.112. The van der Waals surface area contributed by atoms with Crippen LogP contribution in [0.25, 0.3) is 0 Å². The monoisotopic (exact) mass is 361 g/mol. The Bertz CT molecular complexity index is 582. The maximum absolute atomic E-state index is 12.3. The van der Waals surface area contributed by atoms with E-state index in [4.69, 9.17) is 4.74 Å². The van der Waals surface area contributed by atoms with Gasteiger partial charge in [-0.1, -0.05) is 18.2 Å². The summed E-state index contributed by atoms with van der Waals surface area (Å²) in [6.07, 6.45) is 3.08. The van der Waals surface area contributed by atoms with E-state index in [1.807, 2.05) is 35.2 Å². The first kappa shape index (κ1) is 18.7. The third-order valence-corrected chi connectivity index (χ3v) is 5.02. The fourth-order valence-corrected chi connectivity index (χ4v) is 3.54. The number of carbonyl (C=O) groups is 2. The molecule has 3 rings (SSSR count). The number of rotatable bonds is 6. The zero-order valence-electron chi connectivity index (χ0n) is 15.2. The Labute approximate surface area is 154 Å². The van der Waals surface area contributed by atoms with Crippen molar-refractivity contribution in [2.75, 3.05) is 51.2 Å². The molecule has 0 aromatic heterocycles. The first-order chi connectivity index (χ1) is 12.7. The van der Waals surface area contributed by atoms with Crippen molar-refractivity contribution < 1.29 is 19.2 Å². The number of nitrogens with one attached hydrogen (secondary N) is 3. The molecule has 2 heterocycles. The van der Waals surface area contributed by atoms with E-state index in [1.165, 1.54) is 17.7 Å². The molecule has 0 saturated carbocycles. The average Bonchev–Trinajstić information content (AvgIpc) is 3.16. The van der Waals surface area contributed by atoms with E-state index in [0.717, 1.165) is 45.0 Å². The molecular formula is C19H29N4O3+. The molecule has 1 aromatic carbocycles. The molecule has 0 aliphatic carbocycles. The first-order valence-corrected chi connectivity index (χ1v) is 9.53. The fourth-order valence-electron chi connectivity index (χ4n) is 3.54. The molecule has 7 heteroatoms. The topological polar surface area (TPSA) is 75.1 Å². The highest BCUT2D eigenvalue weighted by Crippen LogP contribution is 2.09. The third-order valence-electron chi connectivity index (χ3n) is 5.02. The maximum atomic E-state index is 12.3. The lowest BCUT2D eigenvalue weighted by Crippen LogP contribution is -3.15. The van der Waals surface area contributed by atoms with Crippen LogP contribution in [0.4, 0.5) is 10.5 Å². The average molecular weight is 361 g/mol. The number of amides is 3. The largest absolute Gasteiger partial charge is 0.372 e. The number of quaternary nitrogens is 1. The molecule has 0 bridgehead atoms. The highest BCUT2D eigenvalue weighted by Gasteiger charge is 2.27. The lowest BCUT2D eigenvalue weighted by Gasteiger charge is -2.33. The maximum Gasteiger partial charge on any atom is 0.319 e. The predicted octanol–water partition coefficient (Wildman–Crippen LogP) is 0.104. The number of nitrogens with zero attached hydrogens (tertiary/aromatic N) is 1. The minimum Gasteiger partial charge on any atom is -0.372 e. The van der Waals surface area contributed by atoms with Crippen LogP contribution in [-0.2, 0) is 9.53 Å². The van der Waals surface area contributed by atoms with Crippen LogP contribution < -0.4 is 15.5 Å². The van der Waals surface area contributed by atoms with Crippen molar-refractivity contribution in [3.8, 4) is 0 Å². The molecule has 142 valence electrons. The van der Waals surface area contributed by atoms with Crippen LogP contribution in [0.1, 0.15) is 19.3 Å². The molecule has 3 amide bonds. The predicted molar refractivity (Wildman–Crippen MR) is 99.2 cm³/mol. The number of para-hydroxylation sites is 1. The molecule has 2 aliphatic heterocycles. The van der Waals surface area contributed by atoms with Crippen molar-refractivity contribution in [2.45, 2.75) is 25.4 Å². The molecule has 3 N–H and O–H groups in total. The molecule has 1 aromatic rings. The Balaban J connectivity index is 1.29. The quantitative estimate of drug-likeness (QED) is 0.673. The normalized spacial score (nSPS) is 20.8. The second-order valence-corrected chi connectivity index (χ2v) is 6.97. The Morgan fingerprint density at radius 1 is 1.19 bits per heavy atom. The third kappa shape index (κ3) is 5.71. The van der Waals surface area contributed by atoms with E-state index in [-0.39, 0.29) is 11.9 Å². The van der Waals surface area contributed by atoms with Crippen LogP contribution in [-0.4, -0.2) is 68.8 Å². The number of benzene rings is 1. The standard InChI is InChI=1S/C19H28N4O3/c24-18(8-9-20-19(25)21-16-5-2-1-3-6-16)23-12-10-22(11-13-23)15-17-7-4-14-26-17/h1-3,5-6,17H,4,7-15H2,(H2,20,21,25)/p+1/t17-/m1/s1. The Hall–Kier alpha value is -2.12. The van der Waals surface area contributed by atoms with Gasteiger partial charge in [0.2, 0.25) is 5.91 Å². The summed E-state index contributed by atoms with van der Waals surface area (Å²) in [6, 6.07) is 8.98. The summed E-state index contributed by atoms with van der Waals surface area (Å²) in [5, 5.41) is 5.48. The van der Waals surface area contributed by atoms with Gasteiger partial charge < -0.3 is 25.2 Å². The van der Waals surface area contributed by atoms with Gasteiger partial charge in [-0.25, -0.2) is 4.79 Å². The summed E-state index contributed by atoms with van der Waals surface area (Å²) in [5.41, 5.74) is 0.738. The Morgan fingerprint density at radius 2 is 1.96 bits per heavy atom. The molecule has 0 spiro atoms. The van der Waals surface area contributed by atoms with Crippen LogP contribution in [0.3, 0.4) is 0 Å². The van der Waals surface area contributed by atoms with E-state index in [2.05, 4.69) is 10.6 Å². The molecule has 2 aliphatic rings. The van der Waals surface area contributed by atoms with Gasteiger partial charge in [-0.05, 0) is 25.0 Å². The van der Waals surface area contributed by atoms with Crippen molar-refractivity contribution >= 4 is 17.6 Å². The number of anilines is 1. The number of hydrogen-bond donors (Lipinski definition) is 3. The van der Waals surface area contributed by atoms with Crippen molar-refractivity contribution in [2.24, 2.45) is 0 Å². The van der Waals surface area contributed by atoms with Gasteiger partial charge in [0.25, 0.3) is 0 Å². The van der Waals surface area contributed by atoms with E-state index in [1.54, 1.807) is 0 Å². The van der Waals surface area contributed by atoms with Crippen LogP contribution in [0.2, 0.25) is 0 Å². The van der Waals surface area contributed by atoms with Crippen LogP contribution in [0.15, 0.2) is 30.3 Å². The van der Waals surface area contributed by atoms with E-state index >= 15 is 0 Å². The van der Waals surface area contributed by atoms with Gasteiger partial charge in [0, 0.05) is 25.3 Å². The van der Waals surface area contributed by atoms with Gasteiger partial charge >= 0.3 is 6.03 Å². The van der Waals surface area contributed by atoms with Gasteiger partial charge in [0.05, 0.1) is 26.2 Å². The zero-order chi connectivity index (χ0) is 18.2. The summed E-state index contributed by atoms with van der Waals surface area (Å²) < 4.78 is 5.70. The highest BCUT2D eigenvalue weighted by atomic mass is 16.5. The number of piperazine rings is 1. The van der Waals surface area contributed by atoms with Crippen molar-refractivity contribution in [3.63, 3.8) is 0 Å². The smallest absolute Gasteiger partial charge is 0.319 e. The summed E-state index contributed by atoms with van der Waals surface area (Å²) in [7, 11) is 0. The number of urea groups is 1. The second kappa shape index (κ2) is 9.54. The molecule has 0 radical (unpaired) electrons. The van der Waals surface area contributed by atoms with E-state index < -0.39 is 0 Å². The van der Waals surface area contributed by atoms with Gasteiger partial charge in [-0.15, -0.1) is 0 Å². The second-order valence-electron chi connectivity index (χ2n) is 6.97.